The third kappa shape index (κ3) is 2.47. The maximum atomic E-state index is 2.23. The molecule has 0 bridgehead atoms. The van der Waals surface area contributed by atoms with Crippen LogP contribution in [0.3, 0.4) is 0 Å². The summed E-state index contributed by atoms with van der Waals surface area (Å²) in [5, 5.41) is 0. The van der Waals surface area contributed by atoms with Crippen LogP contribution in [0.1, 0.15) is 6.42 Å². The van der Waals surface area contributed by atoms with Gasteiger partial charge in [-0.1, -0.05) is 0 Å². The zero-order chi connectivity index (χ0) is 11.7. The Morgan fingerprint density at radius 2 is 1.27 bits per heavy atom. The Kier molecular flexibility index (Phi) is 4.05. The fourth-order valence-corrected chi connectivity index (χ4v) is 3.19. The van der Waals surface area contributed by atoms with Crippen molar-refractivity contribution in [1.29, 1.82) is 0 Å². The SMILES string of the molecule is CN(C)C1=C(N(C)C)C(N(C)C)=[C]([Zr])C1. The van der Waals surface area contributed by atoms with Gasteiger partial charge in [-0.15, -0.1) is 0 Å². The maximum absolute atomic E-state index is 2.23. The van der Waals surface area contributed by atoms with E-state index in [0.717, 1.165) is 6.42 Å². The molecule has 0 saturated heterocycles. The van der Waals surface area contributed by atoms with Crippen molar-refractivity contribution in [3.63, 3.8) is 0 Å². The van der Waals surface area contributed by atoms with Gasteiger partial charge in [0.25, 0.3) is 0 Å². The van der Waals surface area contributed by atoms with E-state index in [2.05, 4.69) is 57.0 Å². The molecule has 0 aliphatic heterocycles. The van der Waals surface area contributed by atoms with Crippen LogP contribution in [0.5, 0.6) is 0 Å². The Morgan fingerprint density at radius 1 is 0.800 bits per heavy atom. The number of hydrogen-bond acceptors (Lipinski definition) is 3. The summed E-state index contributed by atoms with van der Waals surface area (Å²) >= 11 is 1.52. The average molecular weight is 286 g/mol. The summed E-state index contributed by atoms with van der Waals surface area (Å²) in [7, 11) is 12.7. The minimum absolute atomic E-state index is 1.10. The van der Waals surface area contributed by atoms with Crippen LogP contribution in [0.15, 0.2) is 20.4 Å². The van der Waals surface area contributed by atoms with E-state index in [1.807, 2.05) is 0 Å². The summed E-state index contributed by atoms with van der Waals surface area (Å²) in [6.07, 6.45) is 1.10. The Bertz CT molecular complexity index is 314. The molecule has 4 heteroatoms. The van der Waals surface area contributed by atoms with Crippen LogP contribution < -0.4 is 0 Å². The van der Waals surface area contributed by atoms with Crippen LogP contribution >= 0.6 is 0 Å². The third-order valence-electron chi connectivity index (χ3n) is 2.56. The van der Waals surface area contributed by atoms with Crippen molar-refractivity contribution in [2.45, 2.75) is 6.42 Å². The van der Waals surface area contributed by atoms with Crippen LogP contribution in [-0.2, 0) is 24.7 Å². The van der Waals surface area contributed by atoms with Crippen molar-refractivity contribution in [3.05, 3.63) is 20.4 Å². The van der Waals surface area contributed by atoms with Crippen molar-refractivity contribution in [1.82, 2.24) is 14.7 Å². The van der Waals surface area contributed by atoms with E-state index < -0.39 is 0 Å². The molecule has 1 aliphatic carbocycles. The second-order valence-electron chi connectivity index (χ2n) is 4.48. The molecule has 83 valence electrons. The van der Waals surface area contributed by atoms with Crippen molar-refractivity contribution < 1.29 is 24.7 Å². The molecule has 0 spiro atoms. The van der Waals surface area contributed by atoms with Crippen molar-refractivity contribution in [3.8, 4) is 0 Å². The minimum atomic E-state index is 1.10. The van der Waals surface area contributed by atoms with Gasteiger partial charge in [-0.25, -0.2) is 0 Å². The van der Waals surface area contributed by atoms with Gasteiger partial charge in [-0.2, -0.15) is 0 Å². The molecule has 0 aromatic heterocycles. The zero-order valence-electron chi connectivity index (χ0n) is 10.5. The molecule has 0 aromatic carbocycles. The van der Waals surface area contributed by atoms with Gasteiger partial charge in [0.05, 0.1) is 0 Å². The molecule has 15 heavy (non-hydrogen) atoms. The molecule has 0 heterocycles. The van der Waals surface area contributed by atoms with Crippen LogP contribution in [0.2, 0.25) is 0 Å². The molecule has 1 rings (SSSR count). The van der Waals surface area contributed by atoms with Crippen LogP contribution in [0.4, 0.5) is 0 Å². The molecular formula is C11H20N3Zr. The van der Waals surface area contributed by atoms with Gasteiger partial charge in [0, 0.05) is 0 Å². The second kappa shape index (κ2) is 4.73. The van der Waals surface area contributed by atoms with Gasteiger partial charge < -0.3 is 0 Å². The molecular weight excluding hydrogens is 265 g/mol. The summed E-state index contributed by atoms with van der Waals surface area (Å²) in [5.41, 5.74) is 4.20. The van der Waals surface area contributed by atoms with E-state index >= 15 is 0 Å². The van der Waals surface area contributed by atoms with E-state index in [4.69, 9.17) is 0 Å². The van der Waals surface area contributed by atoms with Gasteiger partial charge in [0.1, 0.15) is 0 Å². The van der Waals surface area contributed by atoms with E-state index in [0.29, 0.717) is 0 Å². The number of rotatable bonds is 3. The van der Waals surface area contributed by atoms with E-state index in [-0.39, 0.29) is 0 Å². The molecule has 0 saturated carbocycles. The second-order valence-corrected chi connectivity index (χ2v) is 5.97. The van der Waals surface area contributed by atoms with Crippen LogP contribution in [-0.4, -0.2) is 57.0 Å². The monoisotopic (exact) mass is 284 g/mol. The predicted octanol–water partition coefficient (Wildman–Crippen LogP) is 1.04. The fourth-order valence-electron chi connectivity index (χ4n) is 1.94. The van der Waals surface area contributed by atoms with Gasteiger partial charge in [-0.3, -0.25) is 0 Å². The van der Waals surface area contributed by atoms with Gasteiger partial charge in [-0.05, 0) is 0 Å². The molecule has 3 nitrogen and oxygen atoms in total. The third-order valence-corrected chi connectivity index (χ3v) is 3.58. The van der Waals surface area contributed by atoms with Gasteiger partial charge >= 0.3 is 108 Å². The molecule has 1 aliphatic rings. The van der Waals surface area contributed by atoms with Crippen molar-refractivity contribution >= 4 is 0 Å². The summed E-state index contributed by atoms with van der Waals surface area (Å²) in [5.74, 6) is 0. The summed E-state index contributed by atoms with van der Waals surface area (Å²) < 4.78 is 1.54. The van der Waals surface area contributed by atoms with E-state index in [1.54, 1.807) is 3.28 Å². The summed E-state index contributed by atoms with van der Waals surface area (Å²) in [4.78, 5) is 6.69. The summed E-state index contributed by atoms with van der Waals surface area (Å²) in [6, 6.07) is 0. The number of likely N-dealkylation sites (N-methyl/N-ethyl adjacent to an activating group) is 2. The number of nitrogens with zero attached hydrogens (tertiary/aromatic N) is 3. The first-order chi connectivity index (χ1) is 6.86. The molecule has 0 N–H and O–H groups in total. The Balaban J connectivity index is 3.19. The first-order valence-corrected chi connectivity index (χ1v) is 6.29. The summed E-state index contributed by atoms with van der Waals surface area (Å²) in [6.45, 7) is 0. The Hall–Kier alpha value is -0.237. The standard InChI is InChI=1S/C11H20N3.Zr/c1-12(2)9-7-8-10(13(3)4)11(9)14(5)6;/h7H2,1-6H3;. The first-order valence-electron chi connectivity index (χ1n) is 5.06. The number of hydrogen-bond donors (Lipinski definition) is 0. The molecule has 0 amide bonds. The Morgan fingerprint density at radius 3 is 1.60 bits per heavy atom. The molecule has 0 aromatic rings. The van der Waals surface area contributed by atoms with Gasteiger partial charge in [0.15, 0.2) is 0 Å². The van der Waals surface area contributed by atoms with Crippen molar-refractivity contribution in [2.24, 2.45) is 0 Å². The van der Waals surface area contributed by atoms with E-state index in [1.165, 1.54) is 41.8 Å². The fraction of sp³-hybridized carbons (Fsp3) is 0.636. The zero-order valence-corrected chi connectivity index (χ0v) is 13.0. The first kappa shape index (κ1) is 12.8. The van der Waals surface area contributed by atoms with E-state index in [9.17, 15) is 0 Å². The quantitative estimate of drug-likeness (QED) is 0.767. The topological polar surface area (TPSA) is 9.72 Å². The molecule has 0 radical (unpaired) electrons. The molecule has 0 unspecified atom stereocenters. The number of allylic oxidation sites excluding steroid dienone is 1. The van der Waals surface area contributed by atoms with Gasteiger partial charge in [0.2, 0.25) is 0 Å². The molecule has 0 fully saturated rings. The van der Waals surface area contributed by atoms with Crippen LogP contribution in [0, 0.1) is 0 Å². The molecule has 0 atom stereocenters. The van der Waals surface area contributed by atoms with Crippen molar-refractivity contribution in [2.75, 3.05) is 42.3 Å². The Labute approximate surface area is 108 Å². The predicted molar refractivity (Wildman–Crippen MR) is 59.7 cm³/mol. The van der Waals surface area contributed by atoms with Crippen LogP contribution in [0.25, 0.3) is 0 Å². The average Bonchev–Trinajstić information content (AvgIpc) is 2.42. The normalized spacial score (nSPS) is 16.1.